The maximum atomic E-state index is 11.7. The standard InChI is InChI=1S/C9H13N3O2S.ClH/c1-6-4-11-9(15-6)12-8(13)7-5-10-2-3-14-7;/h4,7,10H,2-3,5H2,1H3,(H,11,12,13);1H/t7-;/m1./s1. The van der Waals surface area contributed by atoms with E-state index in [1.54, 1.807) is 6.20 Å². The quantitative estimate of drug-likeness (QED) is 0.829. The largest absolute Gasteiger partial charge is 0.366 e. The number of nitrogens with zero attached hydrogens (tertiary/aromatic N) is 1. The Balaban J connectivity index is 0.00000128. The molecule has 0 spiro atoms. The van der Waals surface area contributed by atoms with Crippen molar-refractivity contribution in [1.82, 2.24) is 10.3 Å². The van der Waals surface area contributed by atoms with E-state index in [0.29, 0.717) is 18.3 Å². The Hall–Kier alpha value is -0.690. The van der Waals surface area contributed by atoms with Crippen LogP contribution >= 0.6 is 23.7 Å². The van der Waals surface area contributed by atoms with Gasteiger partial charge in [0.05, 0.1) is 6.61 Å². The van der Waals surface area contributed by atoms with Gasteiger partial charge in [0.25, 0.3) is 5.91 Å². The Morgan fingerprint density at radius 3 is 3.12 bits per heavy atom. The smallest absolute Gasteiger partial charge is 0.256 e. The van der Waals surface area contributed by atoms with Crippen molar-refractivity contribution < 1.29 is 9.53 Å². The third kappa shape index (κ3) is 3.41. The van der Waals surface area contributed by atoms with Crippen LogP contribution in [0.1, 0.15) is 4.88 Å². The molecule has 0 aliphatic carbocycles. The van der Waals surface area contributed by atoms with E-state index in [-0.39, 0.29) is 18.3 Å². The summed E-state index contributed by atoms with van der Waals surface area (Å²) >= 11 is 1.46. The summed E-state index contributed by atoms with van der Waals surface area (Å²) in [6, 6.07) is 0. The fourth-order valence-corrected chi connectivity index (χ4v) is 2.00. The van der Waals surface area contributed by atoms with Gasteiger partial charge >= 0.3 is 0 Å². The van der Waals surface area contributed by atoms with E-state index < -0.39 is 6.10 Å². The Labute approximate surface area is 104 Å². The Bertz CT molecular complexity index is 352. The van der Waals surface area contributed by atoms with Crippen molar-refractivity contribution >= 4 is 34.8 Å². The van der Waals surface area contributed by atoms with Crippen LogP contribution in [0.25, 0.3) is 0 Å². The molecule has 7 heteroatoms. The van der Waals surface area contributed by atoms with Crippen LogP contribution in [0.15, 0.2) is 6.20 Å². The van der Waals surface area contributed by atoms with Crippen molar-refractivity contribution in [3.05, 3.63) is 11.1 Å². The molecule has 0 bridgehead atoms. The molecule has 5 nitrogen and oxygen atoms in total. The first-order valence-corrected chi connectivity index (χ1v) is 5.63. The van der Waals surface area contributed by atoms with Crippen molar-refractivity contribution in [2.24, 2.45) is 0 Å². The van der Waals surface area contributed by atoms with Gasteiger partial charge in [-0.15, -0.1) is 23.7 Å². The van der Waals surface area contributed by atoms with Crippen molar-refractivity contribution in [2.45, 2.75) is 13.0 Å². The van der Waals surface area contributed by atoms with Gasteiger partial charge in [-0.1, -0.05) is 0 Å². The molecular formula is C9H14ClN3O2S. The van der Waals surface area contributed by atoms with E-state index >= 15 is 0 Å². The van der Waals surface area contributed by atoms with E-state index in [9.17, 15) is 4.79 Å². The van der Waals surface area contributed by atoms with Crippen molar-refractivity contribution in [1.29, 1.82) is 0 Å². The Kier molecular flexibility index (Phi) is 5.14. The number of carbonyl (C=O) groups excluding carboxylic acids is 1. The second kappa shape index (κ2) is 6.15. The highest BCUT2D eigenvalue weighted by Crippen LogP contribution is 2.16. The van der Waals surface area contributed by atoms with Crippen LogP contribution in [-0.2, 0) is 9.53 Å². The number of aromatic nitrogens is 1. The normalized spacial score (nSPS) is 19.9. The molecule has 16 heavy (non-hydrogen) atoms. The predicted octanol–water partition coefficient (Wildman–Crippen LogP) is 0.800. The number of hydrogen-bond acceptors (Lipinski definition) is 5. The first kappa shape index (κ1) is 13.4. The summed E-state index contributed by atoms with van der Waals surface area (Å²) in [6.07, 6.45) is 1.34. The molecule has 2 rings (SSSR count). The zero-order valence-corrected chi connectivity index (χ0v) is 10.5. The van der Waals surface area contributed by atoms with Gasteiger partial charge in [0.15, 0.2) is 5.13 Å². The van der Waals surface area contributed by atoms with Gasteiger partial charge in [-0.3, -0.25) is 10.1 Å². The minimum atomic E-state index is -0.400. The fraction of sp³-hybridized carbons (Fsp3) is 0.556. The summed E-state index contributed by atoms with van der Waals surface area (Å²) in [7, 11) is 0. The van der Waals surface area contributed by atoms with Crippen LogP contribution in [0.3, 0.4) is 0 Å². The minimum absolute atomic E-state index is 0. The van der Waals surface area contributed by atoms with Crippen molar-refractivity contribution in [3.8, 4) is 0 Å². The maximum Gasteiger partial charge on any atom is 0.256 e. The lowest BCUT2D eigenvalue weighted by Crippen LogP contribution is -2.45. The average molecular weight is 264 g/mol. The summed E-state index contributed by atoms with van der Waals surface area (Å²) in [5.74, 6) is -0.128. The molecule has 1 amide bonds. The molecule has 1 saturated heterocycles. The third-order valence-corrected chi connectivity index (χ3v) is 2.90. The number of halogens is 1. The van der Waals surface area contributed by atoms with E-state index in [1.807, 2.05) is 6.92 Å². The first-order chi connectivity index (χ1) is 7.25. The van der Waals surface area contributed by atoms with Gasteiger partial charge in [0.2, 0.25) is 0 Å². The molecule has 0 radical (unpaired) electrons. The number of rotatable bonds is 2. The molecule has 0 unspecified atom stereocenters. The summed E-state index contributed by atoms with van der Waals surface area (Å²) in [5.41, 5.74) is 0. The number of ether oxygens (including phenoxy) is 1. The minimum Gasteiger partial charge on any atom is -0.366 e. The highest BCUT2D eigenvalue weighted by Gasteiger charge is 2.22. The lowest BCUT2D eigenvalue weighted by molar-refractivity contribution is -0.128. The molecule has 0 saturated carbocycles. The number of morpholine rings is 1. The zero-order valence-electron chi connectivity index (χ0n) is 8.86. The molecule has 1 aliphatic rings. The van der Waals surface area contributed by atoms with Gasteiger partial charge in [0.1, 0.15) is 6.10 Å². The van der Waals surface area contributed by atoms with Crippen LogP contribution in [0.4, 0.5) is 5.13 Å². The summed E-state index contributed by atoms with van der Waals surface area (Å²) < 4.78 is 5.32. The highest BCUT2D eigenvalue weighted by molar-refractivity contribution is 7.15. The average Bonchev–Trinajstić information content (AvgIpc) is 2.65. The van der Waals surface area contributed by atoms with Crippen LogP contribution in [0.2, 0.25) is 0 Å². The SMILES string of the molecule is Cc1cnc(NC(=O)[C@H]2CNCCO2)s1.Cl. The summed E-state index contributed by atoms with van der Waals surface area (Å²) in [4.78, 5) is 16.8. The second-order valence-corrected chi connectivity index (χ2v) is 4.56. The first-order valence-electron chi connectivity index (χ1n) is 4.81. The number of anilines is 1. The Morgan fingerprint density at radius 1 is 1.75 bits per heavy atom. The molecule has 1 aliphatic heterocycles. The Morgan fingerprint density at radius 2 is 2.56 bits per heavy atom. The van der Waals surface area contributed by atoms with Crippen LogP contribution in [0, 0.1) is 6.92 Å². The highest BCUT2D eigenvalue weighted by atomic mass is 35.5. The molecule has 1 atom stereocenters. The third-order valence-electron chi connectivity index (χ3n) is 2.07. The summed E-state index contributed by atoms with van der Waals surface area (Å²) in [6.45, 7) is 3.90. The maximum absolute atomic E-state index is 11.7. The van der Waals surface area contributed by atoms with Crippen molar-refractivity contribution in [3.63, 3.8) is 0 Å². The number of amides is 1. The predicted molar refractivity (Wildman–Crippen MR) is 65.3 cm³/mol. The summed E-state index contributed by atoms with van der Waals surface area (Å²) in [5, 5.41) is 6.47. The molecule has 1 aromatic heterocycles. The second-order valence-electron chi connectivity index (χ2n) is 3.33. The monoisotopic (exact) mass is 263 g/mol. The van der Waals surface area contributed by atoms with E-state index in [2.05, 4.69) is 15.6 Å². The molecule has 2 heterocycles. The van der Waals surface area contributed by atoms with Crippen molar-refractivity contribution in [2.75, 3.05) is 25.0 Å². The molecule has 90 valence electrons. The fourth-order valence-electron chi connectivity index (χ4n) is 1.33. The van der Waals surface area contributed by atoms with Crippen LogP contribution < -0.4 is 10.6 Å². The lowest BCUT2D eigenvalue weighted by Gasteiger charge is -2.22. The number of nitrogens with one attached hydrogen (secondary N) is 2. The molecule has 0 aromatic carbocycles. The number of carbonyl (C=O) groups is 1. The van der Waals surface area contributed by atoms with E-state index in [4.69, 9.17) is 4.74 Å². The van der Waals surface area contributed by atoms with Gasteiger partial charge in [-0.25, -0.2) is 4.98 Å². The number of hydrogen-bond donors (Lipinski definition) is 2. The molecular weight excluding hydrogens is 250 g/mol. The van der Waals surface area contributed by atoms with E-state index in [0.717, 1.165) is 11.4 Å². The number of thiazole rings is 1. The van der Waals surface area contributed by atoms with E-state index in [1.165, 1.54) is 11.3 Å². The van der Waals surface area contributed by atoms with Gasteiger partial charge in [-0.2, -0.15) is 0 Å². The number of aryl methyl sites for hydroxylation is 1. The topological polar surface area (TPSA) is 63.2 Å². The van der Waals surface area contributed by atoms with Gasteiger partial charge in [0, 0.05) is 24.2 Å². The molecule has 2 N–H and O–H groups in total. The van der Waals surface area contributed by atoms with Crippen LogP contribution in [-0.4, -0.2) is 36.7 Å². The van der Waals surface area contributed by atoms with Gasteiger partial charge in [-0.05, 0) is 6.92 Å². The lowest BCUT2D eigenvalue weighted by atomic mass is 10.3. The molecule has 1 fully saturated rings. The molecule has 1 aromatic rings. The zero-order chi connectivity index (χ0) is 10.7. The van der Waals surface area contributed by atoms with Crippen LogP contribution in [0.5, 0.6) is 0 Å². The van der Waals surface area contributed by atoms with Gasteiger partial charge < -0.3 is 10.1 Å².